The van der Waals surface area contributed by atoms with Gasteiger partial charge in [-0.25, -0.2) is 9.79 Å². The summed E-state index contributed by atoms with van der Waals surface area (Å²) in [6.45, 7) is 6.37. The third-order valence-corrected chi connectivity index (χ3v) is 4.81. The van der Waals surface area contributed by atoms with Crippen molar-refractivity contribution in [2.24, 2.45) is 4.99 Å². The van der Waals surface area contributed by atoms with Gasteiger partial charge in [-0.05, 0) is 70.9 Å². The van der Waals surface area contributed by atoms with Gasteiger partial charge in [0.2, 0.25) is 5.90 Å². The number of carbonyl (C=O) groups excluding carboxylic acids is 1. The molecule has 1 aliphatic rings. The van der Waals surface area contributed by atoms with Crippen LogP contribution in [0.4, 0.5) is 0 Å². The van der Waals surface area contributed by atoms with Crippen LogP contribution in [-0.4, -0.2) is 25.1 Å². The van der Waals surface area contributed by atoms with Gasteiger partial charge >= 0.3 is 5.97 Å². The topological polar surface area (TPSA) is 57.1 Å². The standard InChI is InChI=1S/C21H17Br2NO4/c1-3-9-27-19-16(23)10-13(12-18(19)26-4-2)11-17-21(25)28-20(24-17)14-5-7-15(22)8-6-14/h3,5-8,10-12H,1,4,9H2,2H3/b17-11-. The Morgan fingerprint density at radius 3 is 2.61 bits per heavy atom. The van der Waals surface area contributed by atoms with Gasteiger partial charge < -0.3 is 14.2 Å². The van der Waals surface area contributed by atoms with Crippen LogP contribution in [0.5, 0.6) is 11.5 Å². The van der Waals surface area contributed by atoms with Gasteiger partial charge in [0.25, 0.3) is 0 Å². The van der Waals surface area contributed by atoms with Crippen molar-refractivity contribution < 1.29 is 19.0 Å². The van der Waals surface area contributed by atoms with Gasteiger partial charge in [-0.1, -0.05) is 28.6 Å². The fraction of sp³-hybridized carbons (Fsp3) is 0.143. The molecule has 0 radical (unpaired) electrons. The molecule has 0 N–H and O–H groups in total. The Morgan fingerprint density at radius 2 is 1.93 bits per heavy atom. The molecule has 0 fully saturated rings. The highest BCUT2D eigenvalue weighted by Crippen LogP contribution is 2.38. The summed E-state index contributed by atoms with van der Waals surface area (Å²) in [6.07, 6.45) is 3.31. The summed E-state index contributed by atoms with van der Waals surface area (Å²) < 4.78 is 18.3. The predicted octanol–water partition coefficient (Wildman–Crippen LogP) is 5.52. The lowest BCUT2D eigenvalue weighted by atomic mass is 10.1. The molecule has 0 unspecified atom stereocenters. The molecule has 28 heavy (non-hydrogen) atoms. The Bertz CT molecular complexity index is 965. The van der Waals surface area contributed by atoms with Crippen LogP contribution in [0.3, 0.4) is 0 Å². The molecule has 7 heteroatoms. The molecular weight excluding hydrogens is 490 g/mol. The number of esters is 1. The molecule has 0 amide bonds. The van der Waals surface area contributed by atoms with E-state index in [4.69, 9.17) is 14.2 Å². The van der Waals surface area contributed by atoms with E-state index >= 15 is 0 Å². The third-order valence-electron chi connectivity index (χ3n) is 3.69. The van der Waals surface area contributed by atoms with E-state index in [1.165, 1.54) is 0 Å². The Hall–Kier alpha value is -2.38. The van der Waals surface area contributed by atoms with Crippen LogP contribution in [0.2, 0.25) is 0 Å². The van der Waals surface area contributed by atoms with E-state index in [0.717, 1.165) is 15.6 Å². The highest BCUT2D eigenvalue weighted by Gasteiger charge is 2.24. The zero-order chi connectivity index (χ0) is 20.1. The van der Waals surface area contributed by atoms with Crippen LogP contribution in [0, 0.1) is 0 Å². The first-order valence-corrected chi connectivity index (χ1v) is 10.1. The third kappa shape index (κ3) is 4.72. The van der Waals surface area contributed by atoms with Crippen molar-refractivity contribution in [2.75, 3.05) is 13.2 Å². The first-order chi connectivity index (χ1) is 13.5. The highest BCUT2D eigenvalue weighted by atomic mass is 79.9. The van der Waals surface area contributed by atoms with Crippen LogP contribution in [0.15, 0.2) is 68.7 Å². The number of hydrogen-bond acceptors (Lipinski definition) is 5. The van der Waals surface area contributed by atoms with Gasteiger partial charge in [-0.2, -0.15) is 0 Å². The zero-order valence-corrected chi connectivity index (χ0v) is 18.2. The van der Waals surface area contributed by atoms with E-state index in [1.807, 2.05) is 37.3 Å². The average Bonchev–Trinajstić information content (AvgIpc) is 3.02. The fourth-order valence-electron chi connectivity index (χ4n) is 2.50. The quantitative estimate of drug-likeness (QED) is 0.282. The number of rotatable bonds is 7. The van der Waals surface area contributed by atoms with Gasteiger partial charge in [0.05, 0.1) is 11.1 Å². The fourth-order valence-corrected chi connectivity index (χ4v) is 3.34. The van der Waals surface area contributed by atoms with Crippen molar-refractivity contribution >= 4 is 49.8 Å². The molecule has 1 heterocycles. The maximum Gasteiger partial charge on any atom is 0.363 e. The second-order valence-electron chi connectivity index (χ2n) is 5.71. The Kier molecular flexibility index (Phi) is 6.70. The zero-order valence-electron chi connectivity index (χ0n) is 15.1. The number of carbonyl (C=O) groups is 1. The molecule has 5 nitrogen and oxygen atoms in total. The first-order valence-electron chi connectivity index (χ1n) is 8.50. The Labute approximate surface area is 180 Å². The summed E-state index contributed by atoms with van der Waals surface area (Å²) in [6, 6.07) is 11.0. The summed E-state index contributed by atoms with van der Waals surface area (Å²) in [5.74, 6) is 0.920. The maximum absolute atomic E-state index is 12.2. The molecule has 0 aliphatic carbocycles. The smallest absolute Gasteiger partial charge is 0.363 e. The van der Waals surface area contributed by atoms with Crippen molar-refractivity contribution in [3.8, 4) is 11.5 Å². The van der Waals surface area contributed by atoms with Crippen LogP contribution in [0.25, 0.3) is 6.08 Å². The lowest BCUT2D eigenvalue weighted by molar-refractivity contribution is -0.129. The van der Waals surface area contributed by atoms with Crippen LogP contribution in [0.1, 0.15) is 18.1 Å². The number of benzene rings is 2. The van der Waals surface area contributed by atoms with Crippen LogP contribution in [-0.2, 0) is 9.53 Å². The van der Waals surface area contributed by atoms with E-state index in [2.05, 4.69) is 43.4 Å². The van der Waals surface area contributed by atoms with Crippen molar-refractivity contribution in [1.82, 2.24) is 0 Å². The van der Waals surface area contributed by atoms with Gasteiger partial charge in [0, 0.05) is 10.0 Å². The molecule has 3 rings (SSSR count). The lowest BCUT2D eigenvalue weighted by Gasteiger charge is -2.13. The molecule has 2 aromatic carbocycles. The van der Waals surface area contributed by atoms with Crippen molar-refractivity contribution in [3.63, 3.8) is 0 Å². The largest absolute Gasteiger partial charge is 0.490 e. The Balaban J connectivity index is 1.94. The molecule has 0 atom stereocenters. The number of cyclic esters (lactones) is 1. The highest BCUT2D eigenvalue weighted by molar-refractivity contribution is 9.10. The summed E-state index contributed by atoms with van der Waals surface area (Å²) >= 11 is 6.87. The minimum absolute atomic E-state index is 0.215. The van der Waals surface area contributed by atoms with Crippen LogP contribution < -0.4 is 9.47 Å². The molecule has 144 valence electrons. The van der Waals surface area contributed by atoms with Crippen molar-refractivity contribution in [2.45, 2.75) is 6.92 Å². The number of ether oxygens (including phenoxy) is 3. The maximum atomic E-state index is 12.2. The van der Waals surface area contributed by atoms with Gasteiger partial charge in [-0.3, -0.25) is 0 Å². The van der Waals surface area contributed by atoms with Gasteiger partial charge in [0.15, 0.2) is 17.2 Å². The summed E-state index contributed by atoms with van der Waals surface area (Å²) in [5, 5.41) is 0. The molecule has 0 saturated carbocycles. The number of halogens is 2. The molecule has 0 spiro atoms. The molecule has 2 aromatic rings. The number of hydrogen-bond donors (Lipinski definition) is 0. The summed E-state index contributed by atoms with van der Waals surface area (Å²) in [7, 11) is 0. The summed E-state index contributed by atoms with van der Waals surface area (Å²) in [5.41, 5.74) is 1.67. The van der Waals surface area contributed by atoms with Crippen LogP contribution >= 0.6 is 31.9 Å². The second-order valence-corrected chi connectivity index (χ2v) is 7.48. The number of nitrogens with zero attached hydrogens (tertiary/aromatic N) is 1. The van der Waals surface area contributed by atoms with Crippen molar-refractivity contribution in [3.05, 3.63) is 74.8 Å². The first kappa shape index (κ1) is 20.4. The van der Waals surface area contributed by atoms with Gasteiger partial charge in [0.1, 0.15) is 6.61 Å². The molecule has 0 bridgehead atoms. The van der Waals surface area contributed by atoms with E-state index < -0.39 is 5.97 Å². The molecule has 0 saturated heterocycles. The minimum atomic E-state index is -0.501. The number of aliphatic imine (C=N–C) groups is 1. The van der Waals surface area contributed by atoms with E-state index in [1.54, 1.807) is 18.2 Å². The lowest BCUT2D eigenvalue weighted by Crippen LogP contribution is -2.05. The average molecular weight is 507 g/mol. The van der Waals surface area contributed by atoms with E-state index in [0.29, 0.717) is 29.2 Å². The summed E-state index contributed by atoms with van der Waals surface area (Å²) in [4.78, 5) is 16.6. The monoisotopic (exact) mass is 505 g/mol. The molecular formula is C21H17Br2NO4. The minimum Gasteiger partial charge on any atom is -0.490 e. The van der Waals surface area contributed by atoms with Crippen molar-refractivity contribution in [1.29, 1.82) is 0 Å². The SMILES string of the molecule is C=CCOc1c(Br)cc(/C=C2\N=C(c3ccc(Br)cc3)OC2=O)cc1OCC. The normalized spacial score (nSPS) is 14.6. The van der Waals surface area contributed by atoms with E-state index in [-0.39, 0.29) is 11.6 Å². The predicted molar refractivity (Wildman–Crippen MR) is 116 cm³/mol. The Morgan fingerprint density at radius 1 is 1.18 bits per heavy atom. The van der Waals surface area contributed by atoms with E-state index in [9.17, 15) is 4.79 Å². The molecule has 0 aromatic heterocycles. The molecule has 1 aliphatic heterocycles. The van der Waals surface area contributed by atoms with Gasteiger partial charge in [-0.15, -0.1) is 0 Å². The second kappa shape index (κ2) is 9.21.